The normalized spacial score (nSPS) is 15.5. The summed E-state index contributed by atoms with van der Waals surface area (Å²) in [5.74, 6) is -1.65. The van der Waals surface area contributed by atoms with Crippen molar-refractivity contribution < 1.29 is 40.2 Å². The number of rotatable bonds is 21. The second-order valence-electron chi connectivity index (χ2n) is 8.13. The smallest absolute Gasteiger partial charge is 0.303 e. The highest BCUT2D eigenvalue weighted by atomic mass is 16.4. The Balaban J connectivity index is 3.50. The molecule has 0 aliphatic carbocycles. The van der Waals surface area contributed by atoms with Gasteiger partial charge in [0.25, 0.3) is 0 Å². The zero-order valence-corrected chi connectivity index (χ0v) is 18.1. The largest absolute Gasteiger partial charge is 0.481 e. The molecular weight excluding hydrogens is 392 g/mol. The number of carbonyl (C=O) groups is 2. The highest BCUT2D eigenvalue weighted by Gasteiger charge is 2.33. The molecule has 0 saturated heterocycles. The van der Waals surface area contributed by atoms with Crippen LogP contribution in [0.4, 0.5) is 0 Å². The first-order valence-corrected chi connectivity index (χ1v) is 11.4. The molecule has 8 nitrogen and oxygen atoms in total. The van der Waals surface area contributed by atoms with Gasteiger partial charge in [-0.05, 0) is 12.8 Å². The van der Waals surface area contributed by atoms with Gasteiger partial charge in [0.05, 0.1) is 6.61 Å². The molecule has 30 heavy (non-hydrogen) atoms. The molecule has 0 aromatic heterocycles. The molecule has 8 heteroatoms. The van der Waals surface area contributed by atoms with Crippen LogP contribution in [0.15, 0.2) is 0 Å². The maximum absolute atomic E-state index is 11.8. The van der Waals surface area contributed by atoms with Crippen LogP contribution in [0.3, 0.4) is 0 Å². The lowest BCUT2D eigenvalue weighted by atomic mass is 9.97. The minimum Gasteiger partial charge on any atom is -0.481 e. The first-order valence-electron chi connectivity index (χ1n) is 11.4. The van der Waals surface area contributed by atoms with Crippen LogP contribution < -0.4 is 0 Å². The van der Waals surface area contributed by atoms with E-state index in [0.717, 1.165) is 44.9 Å². The molecule has 0 aromatic rings. The van der Waals surface area contributed by atoms with Gasteiger partial charge in [-0.25, -0.2) is 0 Å². The van der Waals surface area contributed by atoms with Crippen molar-refractivity contribution in [2.24, 2.45) is 0 Å². The van der Waals surface area contributed by atoms with Crippen molar-refractivity contribution in [3.63, 3.8) is 0 Å². The third kappa shape index (κ3) is 14.8. The topological polar surface area (TPSA) is 156 Å². The van der Waals surface area contributed by atoms with Crippen LogP contribution in [-0.4, -0.2) is 73.4 Å². The molecule has 0 spiro atoms. The Morgan fingerprint density at radius 2 is 1.03 bits per heavy atom. The number of Topliss-reactive ketones (excluding diaryl/α,β-unsaturated/α-hetero) is 1. The van der Waals surface area contributed by atoms with Crippen molar-refractivity contribution in [2.75, 3.05) is 6.61 Å². The van der Waals surface area contributed by atoms with E-state index in [1.165, 1.54) is 32.1 Å². The Hall–Kier alpha value is -1.06. The van der Waals surface area contributed by atoms with Crippen molar-refractivity contribution in [3.05, 3.63) is 0 Å². The summed E-state index contributed by atoms with van der Waals surface area (Å²) in [5, 5.41) is 55.5. The van der Waals surface area contributed by atoms with Crippen LogP contribution in [-0.2, 0) is 9.59 Å². The Labute approximate surface area is 179 Å². The number of carboxylic acids is 1. The highest BCUT2D eigenvalue weighted by Crippen LogP contribution is 2.14. The number of aliphatic hydroxyl groups is 5. The summed E-state index contributed by atoms with van der Waals surface area (Å²) in [4.78, 5) is 22.2. The summed E-state index contributed by atoms with van der Waals surface area (Å²) < 4.78 is 0. The standard InChI is InChI=1S/C22H42O8/c23-16-18(25)21(29)22(30)20(28)17(24)14-12-10-8-6-4-2-1-3-5-7-9-11-13-15-19(26)27/h17-18,21-25,29-30H,1-16H2,(H,26,27)/t17?,18-,21+,22-/m1/s1. The summed E-state index contributed by atoms with van der Waals surface area (Å²) in [6, 6.07) is 0. The molecule has 0 radical (unpaired) electrons. The number of hydrogen-bond acceptors (Lipinski definition) is 7. The SMILES string of the molecule is O=C(O)CCCCCCCCCCCCCCCC(O)C(=O)[C@@H](O)[C@@H](O)[C@H](O)CO. The molecule has 0 bridgehead atoms. The van der Waals surface area contributed by atoms with E-state index >= 15 is 0 Å². The fourth-order valence-electron chi connectivity index (χ4n) is 3.38. The van der Waals surface area contributed by atoms with Crippen LogP contribution in [0.1, 0.15) is 96.3 Å². The number of hydrogen-bond donors (Lipinski definition) is 6. The third-order valence-corrected chi connectivity index (χ3v) is 5.39. The van der Waals surface area contributed by atoms with E-state index in [1.807, 2.05) is 0 Å². The zero-order valence-electron chi connectivity index (χ0n) is 18.1. The molecule has 4 atom stereocenters. The number of ketones is 1. The molecule has 0 aromatic carbocycles. The van der Waals surface area contributed by atoms with Gasteiger partial charge in [-0.15, -0.1) is 0 Å². The van der Waals surface area contributed by atoms with Crippen molar-refractivity contribution in [2.45, 2.75) is 121 Å². The molecule has 6 N–H and O–H groups in total. The van der Waals surface area contributed by atoms with Crippen LogP contribution >= 0.6 is 0 Å². The maximum Gasteiger partial charge on any atom is 0.303 e. The van der Waals surface area contributed by atoms with Gasteiger partial charge in [0.2, 0.25) is 0 Å². The van der Waals surface area contributed by atoms with Gasteiger partial charge in [-0.1, -0.05) is 77.0 Å². The van der Waals surface area contributed by atoms with E-state index in [1.54, 1.807) is 0 Å². The molecular formula is C22H42O8. The molecule has 0 aliphatic heterocycles. The van der Waals surface area contributed by atoms with E-state index in [-0.39, 0.29) is 12.8 Å². The fraction of sp³-hybridized carbons (Fsp3) is 0.909. The van der Waals surface area contributed by atoms with Gasteiger partial charge in [0.15, 0.2) is 5.78 Å². The predicted molar refractivity (Wildman–Crippen MR) is 113 cm³/mol. The van der Waals surface area contributed by atoms with Crippen LogP contribution in [0, 0.1) is 0 Å². The molecule has 0 saturated carbocycles. The summed E-state index contributed by atoms with van der Waals surface area (Å²) in [5.41, 5.74) is 0. The molecule has 1 unspecified atom stereocenters. The molecule has 178 valence electrons. The monoisotopic (exact) mass is 434 g/mol. The Kier molecular flexibility index (Phi) is 18.0. The van der Waals surface area contributed by atoms with E-state index in [9.17, 15) is 30.0 Å². The summed E-state index contributed by atoms with van der Waals surface area (Å²) in [6.07, 6.45) is 7.40. The quantitative estimate of drug-likeness (QED) is 0.150. The van der Waals surface area contributed by atoms with E-state index in [2.05, 4.69) is 0 Å². The second kappa shape index (κ2) is 18.7. The summed E-state index contributed by atoms with van der Waals surface area (Å²) in [7, 11) is 0. The Morgan fingerprint density at radius 1 is 0.633 bits per heavy atom. The van der Waals surface area contributed by atoms with Crippen LogP contribution in [0.2, 0.25) is 0 Å². The van der Waals surface area contributed by atoms with Crippen molar-refractivity contribution in [1.82, 2.24) is 0 Å². The first-order chi connectivity index (χ1) is 14.3. The number of carbonyl (C=O) groups excluding carboxylic acids is 1. The molecule has 0 aliphatic rings. The number of aliphatic hydroxyl groups excluding tert-OH is 5. The van der Waals surface area contributed by atoms with E-state index in [0.29, 0.717) is 6.42 Å². The zero-order chi connectivity index (χ0) is 22.8. The van der Waals surface area contributed by atoms with Crippen LogP contribution in [0.25, 0.3) is 0 Å². The Bertz CT molecular complexity index is 443. The average Bonchev–Trinajstić information content (AvgIpc) is 2.73. The van der Waals surface area contributed by atoms with Gasteiger partial charge in [-0.3, -0.25) is 9.59 Å². The lowest BCUT2D eigenvalue weighted by molar-refractivity contribution is -0.148. The molecule has 0 rings (SSSR count). The number of unbranched alkanes of at least 4 members (excludes halogenated alkanes) is 12. The Morgan fingerprint density at radius 3 is 1.43 bits per heavy atom. The van der Waals surface area contributed by atoms with Gasteiger partial charge in [-0.2, -0.15) is 0 Å². The minimum atomic E-state index is -1.91. The predicted octanol–water partition coefficient (Wildman–Crippen LogP) is 1.93. The molecule has 0 amide bonds. The average molecular weight is 435 g/mol. The summed E-state index contributed by atoms with van der Waals surface area (Å²) >= 11 is 0. The van der Waals surface area contributed by atoms with Gasteiger partial charge in [0, 0.05) is 6.42 Å². The number of carboxylic acid groups (broad SMARTS) is 1. The maximum atomic E-state index is 11.8. The van der Waals surface area contributed by atoms with Crippen molar-refractivity contribution in [3.8, 4) is 0 Å². The minimum absolute atomic E-state index is 0.199. The van der Waals surface area contributed by atoms with Crippen molar-refractivity contribution >= 4 is 11.8 Å². The van der Waals surface area contributed by atoms with Crippen molar-refractivity contribution in [1.29, 1.82) is 0 Å². The van der Waals surface area contributed by atoms with E-state index in [4.69, 9.17) is 10.2 Å². The first kappa shape index (κ1) is 28.9. The third-order valence-electron chi connectivity index (χ3n) is 5.39. The van der Waals surface area contributed by atoms with Gasteiger partial charge >= 0.3 is 5.97 Å². The van der Waals surface area contributed by atoms with Gasteiger partial charge in [0.1, 0.15) is 24.4 Å². The molecule has 0 fully saturated rings. The summed E-state index contributed by atoms with van der Waals surface area (Å²) in [6.45, 7) is -0.782. The lowest BCUT2D eigenvalue weighted by Crippen LogP contribution is -2.47. The second-order valence-corrected chi connectivity index (χ2v) is 8.13. The highest BCUT2D eigenvalue weighted by molar-refractivity contribution is 5.87. The van der Waals surface area contributed by atoms with Gasteiger partial charge < -0.3 is 30.6 Å². The van der Waals surface area contributed by atoms with Crippen LogP contribution in [0.5, 0.6) is 0 Å². The molecule has 0 heterocycles. The lowest BCUT2D eigenvalue weighted by Gasteiger charge is -2.22. The number of aliphatic carboxylic acids is 1. The van der Waals surface area contributed by atoms with E-state index < -0.39 is 42.8 Å². The fourth-order valence-corrected chi connectivity index (χ4v) is 3.38.